The van der Waals surface area contributed by atoms with Crippen LogP contribution in [0.4, 0.5) is 0 Å². The lowest BCUT2D eigenvalue weighted by Gasteiger charge is -2.08. The highest BCUT2D eigenvalue weighted by atomic mass is 79.9. The predicted octanol–water partition coefficient (Wildman–Crippen LogP) is 4.02. The maximum absolute atomic E-state index is 11.9. The molecule has 0 fully saturated rings. The molecule has 2 aromatic carbocycles. The van der Waals surface area contributed by atoms with Gasteiger partial charge in [0, 0.05) is 22.7 Å². The summed E-state index contributed by atoms with van der Waals surface area (Å²) in [5.41, 5.74) is 5.61. The Labute approximate surface area is 154 Å². The van der Waals surface area contributed by atoms with E-state index in [1.807, 2.05) is 48.7 Å². The summed E-state index contributed by atoms with van der Waals surface area (Å²) in [6.07, 6.45) is 4.41. The SMILES string of the molecule is CCc1ccc(OCC(=O)N/N=C/c2c[nH]c3ccccc23)c(Br)c1. The molecule has 5 nitrogen and oxygen atoms in total. The molecule has 1 heterocycles. The number of rotatable bonds is 6. The molecule has 0 saturated carbocycles. The molecule has 0 aliphatic carbocycles. The fourth-order valence-corrected chi connectivity index (χ4v) is 2.97. The van der Waals surface area contributed by atoms with Crippen molar-refractivity contribution in [3.8, 4) is 5.75 Å². The van der Waals surface area contributed by atoms with E-state index in [-0.39, 0.29) is 12.5 Å². The first kappa shape index (κ1) is 17.2. The standard InChI is InChI=1S/C19H18BrN3O2/c1-2-13-7-8-18(16(20)9-13)25-12-19(24)23-22-11-14-10-21-17-6-4-3-5-15(14)17/h3-11,21H,2,12H2,1H3,(H,23,24)/b22-11+. The van der Waals surface area contributed by atoms with Crippen molar-refractivity contribution >= 4 is 39.0 Å². The number of ether oxygens (including phenoxy) is 1. The summed E-state index contributed by atoms with van der Waals surface area (Å²) in [4.78, 5) is 15.0. The molecule has 1 amide bonds. The maximum atomic E-state index is 11.9. The number of hydrogen-bond acceptors (Lipinski definition) is 3. The van der Waals surface area contributed by atoms with E-state index >= 15 is 0 Å². The lowest BCUT2D eigenvalue weighted by Crippen LogP contribution is -2.24. The molecule has 2 N–H and O–H groups in total. The number of amides is 1. The number of carbonyl (C=O) groups is 1. The number of para-hydroxylation sites is 1. The normalized spacial score (nSPS) is 11.1. The van der Waals surface area contributed by atoms with Crippen LogP contribution in [-0.2, 0) is 11.2 Å². The van der Waals surface area contributed by atoms with Crippen molar-refractivity contribution in [1.29, 1.82) is 0 Å². The fourth-order valence-electron chi connectivity index (χ4n) is 2.43. The van der Waals surface area contributed by atoms with E-state index in [0.29, 0.717) is 5.75 Å². The summed E-state index contributed by atoms with van der Waals surface area (Å²) in [6, 6.07) is 13.7. The van der Waals surface area contributed by atoms with Crippen molar-refractivity contribution in [2.75, 3.05) is 6.61 Å². The number of carbonyl (C=O) groups excluding carboxylic acids is 1. The molecule has 0 aliphatic rings. The van der Waals surface area contributed by atoms with Gasteiger partial charge in [-0.25, -0.2) is 5.43 Å². The average molecular weight is 400 g/mol. The van der Waals surface area contributed by atoms with Gasteiger partial charge < -0.3 is 9.72 Å². The highest BCUT2D eigenvalue weighted by Crippen LogP contribution is 2.26. The van der Waals surface area contributed by atoms with Gasteiger partial charge in [-0.1, -0.05) is 31.2 Å². The molecule has 0 atom stereocenters. The molecule has 0 bridgehead atoms. The van der Waals surface area contributed by atoms with E-state index in [0.717, 1.165) is 27.4 Å². The Morgan fingerprint density at radius 2 is 2.16 bits per heavy atom. The number of hydrazone groups is 1. The van der Waals surface area contributed by atoms with Crippen molar-refractivity contribution in [2.24, 2.45) is 5.10 Å². The highest BCUT2D eigenvalue weighted by molar-refractivity contribution is 9.10. The van der Waals surface area contributed by atoms with Crippen LogP contribution in [0, 0.1) is 0 Å². The van der Waals surface area contributed by atoms with Crippen LogP contribution in [0.3, 0.4) is 0 Å². The molecule has 0 spiro atoms. The molecule has 3 rings (SSSR count). The van der Waals surface area contributed by atoms with Crippen LogP contribution >= 0.6 is 15.9 Å². The number of hydrogen-bond donors (Lipinski definition) is 2. The van der Waals surface area contributed by atoms with Gasteiger partial charge in [-0.2, -0.15) is 5.10 Å². The van der Waals surface area contributed by atoms with Crippen molar-refractivity contribution in [2.45, 2.75) is 13.3 Å². The summed E-state index contributed by atoms with van der Waals surface area (Å²) in [7, 11) is 0. The topological polar surface area (TPSA) is 66.5 Å². The highest BCUT2D eigenvalue weighted by Gasteiger charge is 2.06. The number of aromatic amines is 1. The second-order valence-electron chi connectivity index (χ2n) is 5.49. The van der Waals surface area contributed by atoms with E-state index in [1.54, 1.807) is 6.21 Å². The maximum Gasteiger partial charge on any atom is 0.277 e. The Balaban J connectivity index is 1.54. The van der Waals surface area contributed by atoms with Crippen LogP contribution in [0.1, 0.15) is 18.1 Å². The Morgan fingerprint density at radius 3 is 2.96 bits per heavy atom. The number of benzene rings is 2. The molecule has 0 saturated heterocycles. The van der Waals surface area contributed by atoms with E-state index < -0.39 is 0 Å². The third kappa shape index (κ3) is 4.28. The van der Waals surface area contributed by atoms with E-state index in [9.17, 15) is 4.79 Å². The number of nitrogens with one attached hydrogen (secondary N) is 2. The molecule has 0 radical (unpaired) electrons. The molecule has 3 aromatic rings. The van der Waals surface area contributed by atoms with E-state index in [2.05, 4.69) is 38.4 Å². The van der Waals surface area contributed by atoms with Gasteiger partial charge in [-0.15, -0.1) is 0 Å². The van der Waals surface area contributed by atoms with Crippen LogP contribution in [-0.4, -0.2) is 23.7 Å². The zero-order chi connectivity index (χ0) is 17.6. The molecule has 25 heavy (non-hydrogen) atoms. The Hall–Kier alpha value is -2.60. The van der Waals surface area contributed by atoms with Gasteiger partial charge in [0.1, 0.15) is 5.75 Å². The number of aryl methyl sites for hydroxylation is 1. The van der Waals surface area contributed by atoms with Crippen LogP contribution in [0.25, 0.3) is 10.9 Å². The minimum absolute atomic E-state index is 0.102. The first-order valence-corrected chi connectivity index (χ1v) is 8.76. The molecule has 0 unspecified atom stereocenters. The van der Waals surface area contributed by atoms with E-state index in [4.69, 9.17) is 4.74 Å². The molecule has 128 valence electrons. The lowest BCUT2D eigenvalue weighted by molar-refractivity contribution is -0.123. The van der Waals surface area contributed by atoms with Crippen molar-refractivity contribution in [3.63, 3.8) is 0 Å². The van der Waals surface area contributed by atoms with Gasteiger partial charge in [-0.3, -0.25) is 4.79 Å². The third-order valence-corrected chi connectivity index (χ3v) is 4.40. The second-order valence-corrected chi connectivity index (χ2v) is 6.34. The lowest BCUT2D eigenvalue weighted by atomic mass is 10.2. The molecular weight excluding hydrogens is 382 g/mol. The summed E-state index contributed by atoms with van der Waals surface area (Å²) in [5.74, 6) is 0.315. The van der Waals surface area contributed by atoms with Crippen LogP contribution in [0.5, 0.6) is 5.75 Å². The molecule has 1 aromatic heterocycles. The summed E-state index contributed by atoms with van der Waals surface area (Å²) in [6.45, 7) is 1.98. The van der Waals surface area contributed by atoms with Crippen molar-refractivity contribution in [3.05, 3.63) is 64.3 Å². The largest absolute Gasteiger partial charge is 0.483 e. The number of H-pyrrole nitrogens is 1. The summed E-state index contributed by atoms with van der Waals surface area (Å²) < 4.78 is 6.35. The zero-order valence-corrected chi connectivity index (χ0v) is 15.3. The van der Waals surface area contributed by atoms with Gasteiger partial charge >= 0.3 is 0 Å². The van der Waals surface area contributed by atoms with Gasteiger partial charge in [-0.05, 0) is 46.1 Å². The van der Waals surface area contributed by atoms with E-state index in [1.165, 1.54) is 5.56 Å². The Morgan fingerprint density at radius 1 is 1.32 bits per heavy atom. The first-order valence-electron chi connectivity index (χ1n) is 7.96. The molecule has 6 heteroatoms. The van der Waals surface area contributed by atoms with Gasteiger partial charge in [0.15, 0.2) is 6.61 Å². The van der Waals surface area contributed by atoms with Crippen LogP contribution in [0.15, 0.2) is 58.2 Å². The first-order chi connectivity index (χ1) is 12.2. The predicted molar refractivity (Wildman–Crippen MR) is 103 cm³/mol. The van der Waals surface area contributed by atoms with Gasteiger partial charge in [0.05, 0.1) is 10.7 Å². The van der Waals surface area contributed by atoms with Crippen LogP contribution in [0.2, 0.25) is 0 Å². The zero-order valence-electron chi connectivity index (χ0n) is 13.8. The minimum Gasteiger partial charge on any atom is -0.483 e. The van der Waals surface area contributed by atoms with Gasteiger partial charge in [0.25, 0.3) is 5.91 Å². The van der Waals surface area contributed by atoms with Crippen LogP contribution < -0.4 is 10.2 Å². The number of halogens is 1. The third-order valence-electron chi connectivity index (χ3n) is 3.78. The number of aromatic nitrogens is 1. The monoisotopic (exact) mass is 399 g/mol. The average Bonchev–Trinajstić information content (AvgIpc) is 3.04. The minimum atomic E-state index is -0.317. The molecule has 0 aliphatic heterocycles. The second kappa shape index (κ2) is 7.98. The summed E-state index contributed by atoms with van der Waals surface area (Å²) in [5, 5.41) is 5.04. The van der Waals surface area contributed by atoms with Crippen molar-refractivity contribution in [1.82, 2.24) is 10.4 Å². The Bertz CT molecular complexity index is 918. The van der Waals surface area contributed by atoms with Crippen molar-refractivity contribution < 1.29 is 9.53 Å². The Kier molecular flexibility index (Phi) is 5.50. The quantitative estimate of drug-likeness (QED) is 0.485. The molecular formula is C19H18BrN3O2. The number of nitrogens with zero attached hydrogens (tertiary/aromatic N) is 1. The number of fused-ring (bicyclic) bond motifs is 1. The van der Waals surface area contributed by atoms with Gasteiger partial charge in [0.2, 0.25) is 0 Å². The fraction of sp³-hybridized carbons (Fsp3) is 0.158. The smallest absolute Gasteiger partial charge is 0.277 e. The summed E-state index contributed by atoms with van der Waals surface area (Å²) >= 11 is 3.45.